The minimum absolute atomic E-state index is 0.0850. The van der Waals surface area contributed by atoms with Gasteiger partial charge in [0.05, 0.1) is 17.1 Å². The monoisotopic (exact) mass is 386 g/mol. The molecule has 27 heavy (non-hydrogen) atoms. The lowest BCUT2D eigenvalue weighted by atomic mass is 10.1. The number of phenols is 1. The maximum atomic E-state index is 12.8. The number of hydrogen-bond acceptors (Lipinski definition) is 3. The highest BCUT2D eigenvalue weighted by Gasteiger charge is 2.20. The first-order valence-corrected chi connectivity index (χ1v) is 8.70. The minimum Gasteiger partial charge on any atom is -0.507 e. The average molecular weight is 387 g/mol. The van der Waals surface area contributed by atoms with Crippen molar-refractivity contribution in [2.45, 2.75) is 19.9 Å². The Morgan fingerprint density at radius 3 is 2.52 bits per heavy atom. The Kier molecular flexibility index (Phi) is 4.85. The standard InChI is InChI=1S/C20H19ClN2O4/c1-10-4-7-16-14(18(10)24)9-17(23(16)3)19(25)22-11(2)13-6-5-12(20(26)27)8-15(13)21/h4-9,11,24H,1-3H3,(H,22,25)(H,26,27). The van der Waals surface area contributed by atoms with Crippen molar-refractivity contribution < 1.29 is 19.8 Å². The summed E-state index contributed by atoms with van der Waals surface area (Å²) in [5.41, 5.74) is 2.59. The predicted octanol–water partition coefficient (Wildman–Crippen LogP) is 4.03. The van der Waals surface area contributed by atoms with Crippen LogP contribution in [0.5, 0.6) is 5.75 Å². The number of phenolic OH excluding ortho intramolecular Hbond substituents is 1. The van der Waals surface area contributed by atoms with Crippen LogP contribution in [0.1, 0.15) is 44.9 Å². The molecule has 0 spiro atoms. The van der Waals surface area contributed by atoms with Crippen molar-refractivity contribution in [2.75, 3.05) is 0 Å². The number of aromatic carboxylic acids is 1. The first kappa shape index (κ1) is 18.8. The number of carbonyl (C=O) groups is 2. The van der Waals surface area contributed by atoms with Crippen LogP contribution in [-0.2, 0) is 7.05 Å². The van der Waals surface area contributed by atoms with Gasteiger partial charge in [-0.05, 0) is 49.2 Å². The summed E-state index contributed by atoms with van der Waals surface area (Å²) in [5.74, 6) is -1.23. The molecule has 0 saturated heterocycles. The maximum absolute atomic E-state index is 12.8. The van der Waals surface area contributed by atoms with Gasteiger partial charge in [-0.3, -0.25) is 4.79 Å². The number of aromatic nitrogens is 1. The average Bonchev–Trinajstić information content (AvgIpc) is 2.95. The molecule has 1 atom stereocenters. The van der Waals surface area contributed by atoms with Gasteiger partial charge in [0.25, 0.3) is 5.91 Å². The SMILES string of the molecule is Cc1ccc2c(cc(C(=O)NC(C)c3ccc(C(=O)O)cc3Cl)n2C)c1O. The molecule has 0 aliphatic rings. The van der Waals surface area contributed by atoms with Crippen molar-refractivity contribution >= 4 is 34.4 Å². The van der Waals surface area contributed by atoms with Crippen molar-refractivity contribution in [1.82, 2.24) is 9.88 Å². The number of amides is 1. The highest BCUT2D eigenvalue weighted by molar-refractivity contribution is 6.31. The molecular formula is C20H19ClN2O4. The molecule has 0 fully saturated rings. The molecule has 7 heteroatoms. The Morgan fingerprint density at radius 1 is 1.19 bits per heavy atom. The Morgan fingerprint density at radius 2 is 1.89 bits per heavy atom. The second-order valence-corrected chi connectivity index (χ2v) is 6.90. The topological polar surface area (TPSA) is 91.6 Å². The minimum atomic E-state index is -1.06. The van der Waals surface area contributed by atoms with E-state index in [-0.39, 0.29) is 22.2 Å². The second kappa shape index (κ2) is 6.96. The van der Waals surface area contributed by atoms with Crippen LogP contribution in [0, 0.1) is 6.92 Å². The van der Waals surface area contributed by atoms with Gasteiger partial charge in [0.1, 0.15) is 11.4 Å². The summed E-state index contributed by atoms with van der Waals surface area (Å²) in [7, 11) is 1.76. The Hall–Kier alpha value is -2.99. The van der Waals surface area contributed by atoms with Crippen LogP contribution in [-0.4, -0.2) is 26.7 Å². The Bertz CT molecular complexity index is 1070. The molecule has 3 N–H and O–H groups in total. The molecule has 3 aromatic rings. The fourth-order valence-corrected chi connectivity index (χ4v) is 3.43. The first-order chi connectivity index (χ1) is 12.7. The van der Waals surface area contributed by atoms with Gasteiger partial charge in [-0.15, -0.1) is 0 Å². The number of carboxylic acids is 1. The van der Waals surface area contributed by atoms with E-state index in [0.717, 1.165) is 11.1 Å². The highest BCUT2D eigenvalue weighted by Crippen LogP contribution is 2.31. The molecule has 1 unspecified atom stereocenters. The van der Waals surface area contributed by atoms with E-state index in [4.69, 9.17) is 16.7 Å². The third-order valence-corrected chi connectivity index (χ3v) is 5.02. The van der Waals surface area contributed by atoms with Crippen molar-refractivity contribution in [3.63, 3.8) is 0 Å². The molecule has 0 aliphatic heterocycles. The number of hydrogen-bond donors (Lipinski definition) is 3. The van der Waals surface area contributed by atoms with Crippen LogP contribution in [0.4, 0.5) is 0 Å². The van der Waals surface area contributed by atoms with Gasteiger partial charge in [0.2, 0.25) is 0 Å². The molecule has 1 heterocycles. The lowest BCUT2D eigenvalue weighted by Crippen LogP contribution is -2.28. The lowest BCUT2D eigenvalue weighted by molar-refractivity contribution is 0.0696. The zero-order chi connectivity index (χ0) is 19.9. The van der Waals surface area contributed by atoms with Crippen LogP contribution in [0.3, 0.4) is 0 Å². The summed E-state index contributed by atoms with van der Waals surface area (Å²) in [5, 5.41) is 23.0. The molecule has 0 bridgehead atoms. The van der Waals surface area contributed by atoms with Crippen molar-refractivity contribution in [2.24, 2.45) is 7.05 Å². The fourth-order valence-electron chi connectivity index (χ4n) is 3.08. The van der Waals surface area contributed by atoms with E-state index >= 15 is 0 Å². The molecule has 6 nitrogen and oxygen atoms in total. The van der Waals surface area contributed by atoms with Gasteiger partial charge < -0.3 is 20.1 Å². The number of fused-ring (bicyclic) bond motifs is 1. The summed E-state index contributed by atoms with van der Waals surface area (Å²) in [4.78, 5) is 23.8. The number of aryl methyl sites for hydroxylation is 2. The number of aromatic hydroxyl groups is 1. The highest BCUT2D eigenvalue weighted by atomic mass is 35.5. The van der Waals surface area contributed by atoms with E-state index in [0.29, 0.717) is 16.6 Å². The normalized spacial score (nSPS) is 12.1. The van der Waals surface area contributed by atoms with E-state index in [1.54, 1.807) is 43.7 Å². The summed E-state index contributed by atoms with van der Waals surface area (Å²) < 4.78 is 1.71. The van der Waals surface area contributed by atoms with Gasteiger partial charge in [-0.1, -0.05) is 23.7 Å². The van der Waals surface area contributed by atoms with Crippen molar-refractivity contribution in [3.8, 4) is 5.75 Å². The van der Waals surface area contributed by atoms with Crippen LogP contribution in [0.25, 0.3) is 10.9 Å². The van der Waals surface area contributed by atoms with Crippen LogP contribution in [0.15, 0.2) is 36.4 Å². The van der Waals surface area contributed by atoms with Gasteiger partial charge in [-0.25, -0.2) is 4.79 Å². The number of halogens is 1. The Labute approximate surface area is 161 Å². The lowest BCUT2D eigenvalue weighted by Gasteiger charge is -2.16. The number of carboxylic acid groups (broad SMARTS) is 1. The molecule has 3 rings (SSSR count). The fraction of sp³-hybridized carbons (Fsp3) is 0.200. The quantitative estimate of drug-likeness (QED) is 0.631. The number of nitrogens with zero attached hydrogens (tertiary/aromatic N) is 1. The van der Waals surface area contributed by atoms with Crippen LogP contribution >= 0.6 is 11.6 Å². The zero-order valence-corrected chi connectivity index (χ0v) is 15.8. The third kappa shape index (κ3) is 3.36. The summed E-state index contributed by atoms with van der Waals surface area (Å²) in [6.45, 7) is 3.57. The summed E-state index contributed by atoms with van der Waals surface area (Å²) >= 11 is 6.18. The summed E-state index contributed by atoms with van der Waals surface area (Å²) in [6.07, 6.45) is 0. The van der Waals surface area contributed by atoms with E-state index in [2.05, 4.69) is 5.32 Å². The Balaban J connectivity index is 1.89. The van der Waals surface area contributed by atoms with E-state index < -0.39 is 12.0 Å². The van der Waals surface area contributed by atoms with Gasteiger partial charge in [0.15, 0.2) is 0 Å². The van der Waals surface area contributed by atoms with Crippen LogP contribution in [0.2, 0.25) is 5.02 Å². The molecular weight excluding hydrogens is 368 g/mol. The predicted molar refractivity (Wildman–Crippen MR) is 104 cm³/mol. The van der Waals surface area contributed by atoms with Gasteiger partial charge in [0, 0.05) is 17.5 Å². The number of carbonyl (C=O) groups excluding carboxylic acids is 1. The zero-order valence-electron chi connectivity index (χ0n) is 15.1. The largest absolute Gasteiger partial charge is 0.507 e. The molecule has 0 saturated carbocycles. The third-order valence-electron chi connectivity index (χ3n) is 4.69. The molecule has 1 aromatic heterocycles. The van der Waals surface area contributed by atoms with Gasteiger partial charge in [-0.2, -0.15) is 0 Å². The molecule has 2 aromatic carbocycles. The van der Waals surface area contributed by atoms with E-state index in [1.807, 2.05) is 6.07 Å². The van der Waals surface area contributed by atoms with Crippen molar-refractivity contribution in [3.05, 3.63) is 63.8 Å². The maximum Gasteiger partial charge on any atom is 0.335 e. The number of benzene rings is 2. The first-order valence-electron chi connectivity index (χ1n) is 8.32. The van der Waals surface area contributed by atoms with Crippen LogP contribution < -0.4 is 5.32 Å². The molecule has 140 valence electrons. The van der Waals surface area contributed by atoms with E-state index in [1.165, 1.54) is 12.1 Å². The van der Waals surface area contributed by atoms with Gasteiger partial charge >= 0.3 is 5.97 Å². The second-order valence-electron chi connectivity index (χ2n) is 6.49. The molecule has 0 radical (unpaired) electrons. The molecule has 1 amide bonds. The van der Waals surface area contributed by atoms with Crippen molar-refractivity contribution in [1.29, 1.82) is 0 Å². The molecule has 0 aliphatic carbocycles. The van der Waals surface area contributed by atoms with E-state index in [9.17, 15) is 14.7 Å². The number of rotatable bonds is 4. The smallest absolute Gasteiger partial charge is 0.335 e. The summed E-state index contributed by atoms with van der Waals surface area (Å²) in [6, 6.07) is 9.27. The number of nitrogens with one attached hydrogen (secondary N) is 1.